The second-order valence-corrected chi connectivity index (χ2v) is 5.29. The van der Waals surface area contributed by atoms with E-state index in [-0.39, 0.29) is 0 Å². The summed E-state index contributed by atoms with van der Waals surface area (Å²) in [7, 11) is 3.32. The molecule has 0 aliphatic rings. The highest BCUT2D eigenvalue weighted by Crippen LogP contribution is 2.19. The van der Waals surface area contributed by atoms with Gasteiger partial charge in [-0.1, -0.05) is 12.1 Å². The molecule has 6 nitrogen and oxygen atoms in total. The molecule has 1 aromatic heterocycles. The lowest BCUT2D eigenvalue weighted by Crippen LogP contribution is -2.13. The van der Waals surface area contributed by atoms with Crippen LogP contribution in [0.3, 0.4) is 0 Å². The maximum Gasteiger partial charge on any atom is 0.181 e. The molecule has 0 amide bonds. The zero-order valence-electron chi connectivity index (χ0n) is 13.7. The summed E-state index contributed by atoms with van der Waals surface area (Å²) in [6.45, 7) is 1.34. The minimum absolute atomic E-state index is 0.611. The van der Waals surface area contributed by atoms with Crippen LogP contribution in [0.15, 0.2) is 48.5 Å². The number of benzene rings is 2. The fourth-order valence-corrected chi connectivity index (χ4v) is 2.35. The van der Waals surface area contributed by atoms with Crippen molar-refractivity contribution in [3.05, 3.63) is 59.9 Å². The largest absolute Gasteiger partial charge is 0.497 e. The molecule has 2 N–H and O–H groups in total. The Labute approximate surface area is 140 Å². The van der Waals surface area contributed by atoms with Crippen LogP contribution in [0, 0.1) is 0 Å². The first-order valence-corrected chi connectivity index (χ1v) is 7.68. The lowest BCUT2D eigenvalue weighted by Gasteiger charge is -2.05. The molecular weight excluding hydrogens is 304 g/mol. The molecule has 124 valence electrons. The van der Waals surface area contributed by atoms with Gasteiger partial charge in [-0.2, -0.15) is 5.10 Å². The fraction of sp³-hybridized carbons (Fsp3) is 0.222. The van der Waals surface area contributed by atoms with Crippen molar-refractivity contribution in [2.24, 2.45) is 0 Å². The topological polar surface area (TPSA) is 72.1 Å². The van der Waals surface area contributed by atoms with Crippen molar-refractivity contribution in [3.63, 3.8) is 0 Å². The standard InChI is InChI=1S/C18H20N4O2/c1-23-15-8-6-14(7-9-15)18-20-17(21-22-18)12-19-11-13-4-3-5-16(10-13)24-2/h3-10,19H,11-12H2,1-2H3,(H,20,21,22). The highest BCUT2D eigenvalue weighted by molar-refractivity contribution is 5.55. The molecule has 24 heavy (non-hydrogen) atoms. The molecule has 0 fully saturated rings. The third-order valence-corrected chi connectivity index (χ3v) is 3.64. The number of methoxy groups -OCH3 is 2. The van der Waals surface area contributed by atoms with E-state index in [2.05, 4.69) is 26.6 Å². The Morgan fingerprint density at radius 1 is 0.958 bits per heavy atom. The number of aromatic nitrogens is 3. The molecule has 0 unspecified atom stereocenters. The summed E-state index contributed by atoms with van der Waals surface area (Å²) in [5, 5.41) is 10.6. The van der Waals surface area contributed by atoms with Crippen LogP contribution < -0.4 is 14.8 Å². The van der Waals surface area contributed by atoms with E-state index in [1.54, 1.807) is 14.2 Å². The van der Waals surface area contributed by atoms with Crippen LogP contribution in [0.4, 0.5) is 0 Å². The molecule has 1 heterocycles. The number of nitrogens with one attached hydrogen (secondary N) is 2. The highest BCUT2D eigenvalue weighted by atomic mass is 16.5. The zero-order chi connectivity index (χ0) is 16.8. The lowest BCUT2D eigenvalue weighted by molar-refractivity contribution is 0.414. The Bertz CT molecular complexity index is 784. The van der Waals surface area contributed by atoms with Gasteiger partial charge in [0.2, 0.25) is 0 Å². The Kier molecular flexibility index (Phi) is 5.08. The molecule has 0 radical (unpaired) electrons. The Balaban J connectivity index is 1.57. The van der Waals surface area contributed by atoms with Gasteiger partial charge in [-0.15, -0.1) is 0 Å². The summed E-state index contributed by atoms with van der Waals surface area (Å²) >= 11 is 0. The maximum atomic E-state index is 5.22. The number of rotatable bonds is 7. The fourth-order valence-electron chi connectivity index (χ4n) is 2.35. The van der Waals surface area contributed by atoms with Crippen molar-refractivity contribution >= 4 is 0 Å². The van der Waals surface area contributed by atoms with E-state index in [9.17, 15) is 0 Å². The molecule has 0 saturated carbocycles. The number of hydrogen-bond donors (Lipinski definition) is 2. The molecule has 3 aromatic rings. The van der Waals surface area contributed by atoms with Gasteiger partial charge in [0.05, 0.1) is 20.8 Å². The van der Waals surface area contributed by atoms with Crippen LogP contribution in [-0.2, 0) is 13.1 Å². The van der Waals surface area contributed by atoms with Crippen LogP contribution in [0.5, 0.6) is 11.5 Å². The lowest BCUT2D eigenvalue weighted by atomic mass is 10.2. The highest BCUT2D eigenvalue weighted by Gasteiger charge is 2.06. The first kappa shape index (κ1) is 16.0. The molecular formula is C18H20N4O2. The van der Waals surface area contributed by atoms with Gasteiger partial charge in [-0.25, -0.2) is 4.98 Å². The van der Waals surface area contributed by atoms with Crippen molar-refractivity contribution in [1.29, 1.82) is 0 Å². The summed E-state index contributed by atoms with van der Waals surface area (Å²) in [6.07, 6.45) is 0. The molecule has 2 aromatic carbocycles. The third kappa shape index (κ3) is 3.91. The second-order valence-electron chi connectivity index (χ2n) is 5.29. The van der Waals surface area contributed by atoms with Crippen LogP contribution in [0.25, 0.3) is 11.4 Å². The molecule has 0 atom stereocenters. The van der Waals surface area contributed by atoms with Gasteiger partial charge in [0.1, 0.15) is 17.3 Å². The number of nitrogens with zero attached hydrogens (tertiary/aromatic N) is 2. The minimum Gasteiger partial charge on any atom is -0.497 e. The normalized spacial score (nSPS) is 10.6. The predicted octanol–water partition coefficient (Wildman–Crippen LogP) is 2.78. The predicted molar refractivity (Wildman–Crippen MR) is 91.9 cm³/mol. The summed E-state index contributed by atoms with van der Waals surface area (Å²) in [4.78, 5) is 4.51. The summed E-state index contributed by atoms with van der Waals surface area (Å²) < 4.78 is 10.4. The molecule has 3 rings (SSSR count). The smallest absolute Gasteiger partial charge is 0.181 e. The van der Waals surface area contributed by atoms with Gasteiger partial charge in [-0.3, -0.25) is 5.10 Å². The van der Waals surface area contributed by atoms with E-state index >= 15 is 0 Å². The minimum atomic E-state index is 0.611. The SMILES string of the molecule is COc1ccc(-c2n[nH]c(CNCc3cccc(OC)c3)n2)cc1. The molecule has 0 aliphatic carbocycles. The summed E-state index contributed by atoms with van der Waals surface area (Å²) in [6, 6.07) is 15.6. The zero-order valence-corrected chi connectivity index (χ0v) is 13.7. The average Bonchev–Trinajstić information content (AvgIpc) is 3.11. The van der Waals surface area contributed by atoms with Gasteiger partial charge in [0, 0.05) is 12.1 Å². The average molecular weight is 324 g/mol. The molecule has 0 spiro atoms. The van der Waals surface area contributed by atoms with E-state index in [0.717, 1.165) is 35.0 Å². The monoisotopic (exact) mass is 324 g/mol. The Hall–Kier alpha value is -2.86. The van der Waals surface area contributed by atoms with E-state index < -0.39 is 0 Å². The third-order valence-electron chi connectivity index (χ3n) is 3.64. The van der Waals surface area contributed by atoms with Gasteiger partial charge in [-0.05, 0) is 42.0 Å². The number of hydrogen-bond acceptors (Lipinski definition) is 5. The van der Waals surface area contributed by atoms with E-state index in [1.807, 2.05) is 42.5 Å². The van der Waals surface area contributed by atoms with Crippen molar-refractivity contribution in [2.45, 2.75) is 13.1 Å². The second kappa shape index (κ2) is 7.61. The number of aromatic amines is 1. The molecule has 0 aliphatic heterocycles. The van der Waals surface area contributed by atoms with Gasteiger partial charge >= 0.3 is 0 Å². The van der Waals surface area contributed by atoms with Crippen molar-refractivity contribution in [3.8, 4) is 22.9 Å². The molecule has 6 heteroatoms. The Morgan fingerprint density at radius 2 is 1.75 bits per heavy atom. The van der Waals surface area contributed by atoms with E-state index in [4.69, 9.17) is 9.47 Å². The van der Waals surface area contributed by atoms with Crippen molar-refractivity contribution in [1.82, 2.24) is 20.5 Å². The first-order chi connectivity index (χ1) is 11.8. The van der Waals surface area contributed by atoms with Crippen LogP contribution in [0.1, 0.15) is 11.4 Å². The van der Waals surface area contributed by atoms with Crippen molar-refractivity contribution < 1.29 is 9.47 Å². The van der Waals surface area contributed by atoms with Crippen LogP contribution in [-0.4, -0.2) is 29.4 Å². The molecule has 0 saturated heterocycles. The van der Waals surface area contributed by atoms with Crippen LogP contribution in [0.2, 0.25) is 0 Å². The van der Waals surface area contributed by atoms with Gasteiger partial charge in [0.25, 0.3) is 0 Å². The summed E-state index contributed by atoms with van der Waals surface area (Å²) in [5.74, 6) is 3.14. The first-order valence-electron chi connectivity index (χ1n) is 7.68. The van der Waals surface area contributed by atoms with Gasteiger partial charge in [0.15, 0.2) is 5.82 Å². The van der Waals surface area contributed by atoms with Gasteiger partial charge < -0.3 is 14.8 Å². The van der Waals surface area contributed by atoms with E-state index in [1.165, 1.54) is 0 Å². The van der Waals surface area contributed by atoms with Crippen molar-refractivity contribution in [2.75, 3.05) is 14.2 Å². The Morgan fingerprint density at radius 3 is 2.50 bits per heavy atom. The molecule has 0 bridgehead atoms. The maximum absolute atomic E-state index is 5.22. The summed E-state index contributed by atoms with van der Waals surface area (Å²) in [5.41, 5.74) is 2.11. The van der Waals surface area contributed by atoms with Crippen LogP contribution >= 0.6 is 0 Å². The number of ether oxygens (including phenoxy) is 2. The quantitative estimate of drug-likeness (QED) is 0.699. The number of H-pyrrole nitrogens is 1. The van der Waals surface area contributed by atoms with E-state index in [0.29, 0.717) is 12.4 Å².